The normalized spacial score (nSPS) is 16.3. The maximum absolute atomic E-state index is 11.4. The molecule has 1 unspecified atom stereocenters. The lowest BCUT2D eigenvalue weighted by Gasteiger charge is -2.15. The predicted octanol–water partition coefficient (Wildman–Crippen LogP) is 1.54. The van der Waals surface area contributed by atoms with Crippen LogP contribution in [0.4, 0.5) is 0 Å². The first kappa shape index (κ1) is 16.2. The van der Waals surface area contributed by atoms with Crippen molar-refractivity contribution in [1.29, 1.82) is 0 Å². The highest BCUT2D eigenvalue weighted by Gasteiger charge is 2.27. The monoisotopic (exact) mass is 357 g/mol. The molecule has 0 bridgehead atoms. The van der Waals surface area contributed by atoms with Crippen LogP contribution in [-0.2, 0) is 17.1 Å². The van der Waals surface area contributed by atoms with Crippen molar-refractivity contribution in [1.82, 2.24) is 14.8 Å². The number of sulfonamides is 1. The highest BCUT2D eigenvalue weighted by molar-refractivity contribution is 7.89. The van der Waals surface area contributed by atoms with Gasteiger partial charge >= 0.3 is 0 Å². The first-order valence-electron chi connectivity index (χ1n) is 8.05. The minimum atomic E-state index is -3.72. The molecule has 1 aliphatic carbocycles. The SMILES string of the molecule is Cn1ncc2c(C(N)c3ccc(S(N)(=O)=O)cc3)cc(C3CC3)nc21. The van der Waals surface area contributed by atoms with Gasteiger partial charge in [-0.3, -0.25) is 4.68 Å². The summed E-state index contributed by atoms with van der Waals surface area (Å²) >= 11 is 0. The van der Waals surface area contributed by atoms with E-state index >= 15 is 0 Å². The molecule has 2 aromatic heterocycles. The van der Waals surface area contributed by atoms with Gasteiger partial charge in [0, 0.05) is 24.0 Å². The summed E-state index contributed by atoms with van der Waals surface area (Å²) in [5, 5.41) is 10.4. The molecule has 0 radical (unpaired) electrons. The van der Waals surface area contributed by atoms with E-state index in [9.17, 15) is 8.42 Å². The third kappa shape index (κ3) is 2.92. The minimum absolute atomic E-state index is 0.0726. The number of hydrogen-bond donors (Lipinski definition) is 2. The standard InChI is InChI=1S/C17H19N5O2S/c1-22-17-14(9-20-22)13(8-15(21-17)10-2-3-10)16(18)11-4-6-12(7-5-11)25(19,23)24/h4-10,16H,2-3,18H2,1H3,(H2,19,23,24). The first-order valence-corrected chi connectivity index (χ1v) is 9.60. The molecule has 3 aromatic rings. The van der Waals surface area contributed by atoms with Gasteiger partial charge in [0.25, 0.3) is 0 Å². The van der Waals surface area contributed by atoms with Crippen LogP contribution in [0.5, 0.6) is 0 Å². The van der Waals surface area contributed by atoms with Crippen LogP contribution in [0, 0.1) is 0 Å². The summed E-state index contributed by atoms with van der Waals surface area (Å²) in [7, 11) is -1.85. The summed E-state index contributed by atoms with van der Waals surface area (Å²) in [5.74, 6) is 0.495. The van der Waals surface area contributed by atoms with E-state index in [1.165, 1.54) is 12.1 Å². The van der Waals surface area contributed by atoms with Crippen LogP contribution in [-0.4, -0.2) is 23.2 Å². The van der Waals surface area contributed by atoms with Crippen molar-refractivity contribution in [3.63, 3.8) is 0 Å². The zero-order valence-corrected chi connectivity index (χ0v) is 14.6. The van der Waals surface area contributed by atoms with Crippen molar-refractivity contribution in [3.05, 3.63) is 53.3 Å². The van der Waals surface area contributed by atoms with Crippen LogP contribution in [0.1, 0.15) is 41.6 Å². The predicted molar refractivity (Wildman–Crippen MR) is 94.3 cm³/mol. The number of rotatable bonds is 4. The Morgan fingerprint density at radius 3 is 2.52 bits per heavy atom. The maximum atomic E-state index is 11.4. The Balaban J connectivity index is 1.80. The van der Waals surface area contributed by atoms with Gasteiger partial charge in [-0.05, 0) is 42.2 Å². The van der Waals surface area contributed by atoms with Gasteiger partial charge in [-0.2, -0.15) is 5.10 Å². The summed E-state index contributed by atoms with van der Waals surface area (Å²) in [6.07, 6.45) is 4.06. The van der Waals surface area contributed by atoms with Gasteiger partial charge < -0.3 is 5.73 Å². The van der Waals surface area contributed by atoms with E-state index in [1.807, 2.05) is 7.05 Å². The Morgan fingerprint density at radius 1 is 1.24 bits per heavy atom. The Morgan fingerprint density at radius 2 is 1.92 bits per heavy atom. The molecule has 0 spiro atoms. The summed E-state index contributed by atoms with van der Waals surface area (Å²) in [6.45, 7) is 0. The molecule has 1 saturated carbocycles. The quantitative estimate of drug-likeness (QED) is 0.734. The zero-order chi connectivity index (χ0) is 17.8. The second kappa shape index (κ2) is 5.62. The van der Waals surface area contributed by atoms with Crippen LogP contribution in [0.2, 0.25) is 0 Å². The van der Waals surface area contributed by atoms with Crippen LogP contribution < -0.4 is 10.9 Å². The molecule has 0 aliphatic heterocycles. The average molecular weight is 357 g/mol. The largest absolute Gasteiger partial charge is 0.320 e. The summed E-state index contributed by atoms with van der Waals surface area (Å²) in [4.78, 5) is 4.80. The number of primary sulfonamides is 1. The van der Waals surface area contributed by atoms with Crippen LogP contribution in [0.3, 0.4) is 0 Å². The fourth-order valence-corrected chi connectivity index (χ4v) is 3.56. The highest BCUT2D eigenvalue weighted by Crippen LogP contribution is 2.41. The highest BCUT2D eigenvalue weighted by atomic mass is 32.2. The fraction of sp³-hybridized carbons (Fsp3) is 0.294. The maximum Gasteiger partial charge on any atom is 0.238 e. The number of nitrogens with two attached hydrogens (primary N) is 2. The van der Waals surface area contributed by atoms with E-state index in [2.05, 4.69) is 11.2 Å². The molecule has 130 valence electrons. The molecule has 4 N–H and O–H groups in total. The zero-order valence-electron chi connectivity index (χ0n) is 13.8. The van der Waals surface area contributed by atoms with Crippen molar-refractivity contribution < 1.29 is 8.42 Å². The molecule has 7 nitrogen and oxygen atoms in total. The average Bonchev–Trinajstić information content (AvgIpc) is 3.37. The first-order chi connectivity index (χ1) is 11.8. The smallest absolute Gasteiger partial charge is 0.238 e. The van der Waals surface area contributed by atoms with Crippen LogP contribution in [0.15, 0.2) is 41.4 Å². The molecule has 0 amide bonds. The van der Waals surface area contributed by atoms with Gasteiger partial charge in [0.15, 0.2) is 5.65 Å². The van der Waals surface area contributed by atoms with Crippen LogP contribution in [0.25, 0.3) is 11.0 Å². The number of benzene rings is 1. The number of fused-ring (bicyclic) bond motifs is 1. The van der Waals surface area contributed by atoms with E-state index in [0.717, 1.165) is 40.7 Å². The van der Waals surface area contributed by atoms with E-state index in [-0.39, 0.29) is 4.90 Å². The fourth-order valence-electron chi connectivity index (χ4n) is 3.05. The molecular weight excluding hydrogens is 338 g/mol. The molecule has 1 atom stereocenters. The molecular formula is C17H19N5O2S. The molecule has 25 heavy (non-hydrogen) atoms. The number of aryl methyl sites for hydroxylation is 1. The van der Waals surface area contributed by atoms with Gasteiger partial charge in [-0.1, -0.05) is 12.1 Å². The number of hydrogen-bond acceptors (Lipinski definition) is 5. The molecule has 0 saturated heterocycles. The Kier molecular flexibility index (Phi) is 3.64. The van der Waals surface area contributed by atoms with Gasteiger partial charge in [0.05, 0.1) is 17.1 Å². The van der Waals surface area contributed by atoms with Gasteiger partial charge in [-0.25, -0.2) is 18.5 Å². The van der Waals surface area contributed by atoms with Crippen molar-refractivity contribution in [3.8, 4) is 0 Å². The van der Waals surface area contributed by atoms with Gasteiger partial charge in [-0.15, -0.1) is 0 Å². The van der Waals surface area contributed by atoms with Crippen molar-refractivity contribution in [2.24, 2.45) is 17.9 Å². The van der Waals surface area contributed by atoms with Crippen LogP contribution >= 0.6 is 0 Å². The molecule has 1 aliphatic rings. The van der Waals surface area contributed by atoms with Gasteiger partial charge in [0.2, 0.25) is 10.0 Å². The summed E-state index contributed by atoms with van der Waals surface area (Å²) in [6, 6.07) is 8.01. The Bertz CT molecular complexity index is 1050. The molecule has 4 rings (SSSR count). The molecule has 8 heteroatoms. The summed E-state index contributed by atoms with van der Waals surface area (Å²) < 4.78 is 24.6. The summed E-state index contributed by atoms with van der Waals surface area (Å²) in [5.41, 5.74) is 10.1. The third-order valence-corrected chi connectivity index (χ3v) is 5.58. The van der Waals surface area contributed by atoms with Crippen molar-refractivity contribution in [2.45, 2.75) is 29.7 Å². The lowest BCUT2D eigenvalue weighted by atomic mass is 9.97. The Labute approximate surface area is 145 Å². The number of aromatic nitrogens is 3. The third-order valence-electron chi connectivity index (χ3n) is 4.66. The lowest BCUT2D eigenvalue weighted by molar-refractivity contribution is 0.597. The molecule has 2 heterocycles. The van der Waals surface area contributed by atoms with E-state index in [4.69, 9.17) is 15.9 Å². The van der Waals surface area contributed by atoms with E-state index in [0.29, 0.717) is 5.92 Å². The van der Waals surface area contributed by atoms with Crippen molar-refractivity contribution >= 4 is 21.1 Å². The minimum Gasteiger partial charge on any atom is -0.320 e. The number of nitrogens with zero attached hydrogens (tertiary/aromatic N) is 3. The second-order valence-electron chi connectivity index (χ2n) is 6.51. The molecule has 1 fully saturated rings. The second-order valence-corrected chi connectivity index (χ2v) is 8.07. The van der Waals surface area contributed by atoms with Crippen molar-refractivity contribution in [2.75, 3.05) is 0 Å². The number of pyridine rings is 1. The van der Waals surface area contributed by atoms with E-state index < -0.39 is 16.1 Å². The molecule has 1 aromatic carbocycles. The van der Waals surface area contributed by atoms with E-state index in [1.54, 1.807) is 23.0 Å². The topological polar surface area (TPSA) is 117 Å². The Hall–Kier alpha value is -2.29. The lowest BCUT2D eigenvalue weighted by Crippen LogP contribution is -2.15. The van der Waals surface area contributed by atoms with Gasteiger partial charge in [0.1, 0.15) is 0 Å².